The van der Waals surface area contributed by atoms with Crippen LogP contribution in [0.1, 0.15) is 59.3 Å². The summed E-state index contributed by atoms with van der Waals surface area (Å²) in [5, 5.41) is 58.0. The lowest BCUT2D eigenvalue weighted by molar-refractivity contribution is -0.157. The third-order valence-corrected chi connectivity index (χ3v) is 9.26. The minimum absolute atomic E-state index is 0.00488. The minimum atomic E-state index is -1.41. The van der Waals surface area contributed by atoms with Crippen LogP contribution in [-0.2, 0) is 0 Å². The summed E-state index contributed by atoms with van der Waals surface area (Å²) in [6.45, 7) is 5.93. The molecule has 0 bridgehead atoms. The average Bonchev–Trinajstić information content (AvgIpc) is 2.93. The van der Waals surface area contributed by atoms with Gasteiger partial charge in [-0.15, -0.1) is 0 Å². The number of aliphatic hydroxyl groups excluding tert-OH is 2. The van der Waals surface area contributed by atoms with Gasteiger partial charge in [0.15, 0.2) is 0 Å². The standard InChI is InChI=1S/C22H34N2O5/c1-12-8-14-15-5-7-22(27,18(11-25)24-29)21(15,3)10-17(26)19(14)20(2)6-4-13(23-28)9-16(12)20/h9,12,14-15,17,19,25-29H,4-8,10-11H2,1-3H3/b23-13+,24-18+/t12-,14-,15-,17-,19+,20-,21-,22-/m0/s1. The van der Waals surface area contributed by atoms with Gasteiger partial charge in [0.1, 0.15) is 11.3 Å². The second-order valence-electron chi connectivity index (χ2n) is 10.3. The largest absolute Gasteiger partial charge is 0.411 e. The van der Waals surface area contributed by atoms with Gasteiger partial charge in [0, 0.05) is 5.41 Å². The van der Waals surface area contributed by atoms with E-state index in [2.05, 4.69) is 24.2 Å². The predicted molar refractivity (Wildman–Crippen MR) is 108 cm³/mol. The van der Waals surface area contributed by atoms with Gasteiger partial charge in [0.25, 0.3) is 0 Å². The van der Waals surface area contributed by atoms with Crippen LogP contribution in [0.15, 0.2) is 22.0 Å². The zero-order valence-corrected chi connectivity index (χ0v) is 17.5. The molecule has 0 aromatic heterocycles. The van der Waals surface area contributed by atoms with Crippen LogP contribution in [0.2, 0.25) is 0 Å². The van der Waals surface area contributed by atoms with Gasteiger partial charge in [-0.05, 0) is 73.7 Å². The van der Waals surface area contributed by atoms with Crippen molar-refractivity contribution in [3.63, 3.8) is 0 Å². The van der Waals surface area contributed by atoms with E-state index in [-0.39, 0.29) is 28.9 Å². The molecule has 0 heterocycles. The lowest BCUT2D eigenvalue weighted by Gasteiger charge is -2.62. The molecule has 7 nitrogen and oxygen atoms in total. The molecule has 3 saturated carbocycles. The Morgan fingerprint density at radius 3 is 2.59 bits per heavy atom. The number of oxime groups is 2. The van der Waals surface area contributed by atoms with Gasteiger partial charge >= 0.3 is 0 Å². The topological polar surface area (TPSA) is 126 Å². The normalized spacial score (nSPS) is 51.2. The molecule has 4 rings (SSSR count). The van der Waals surface area contributed by atoms with Crippen molar-refractivity contribution < 1.29 is 25.7 Å². The van der Waals surface area contributed by atoms with Crippen molar-refractivity contribution in [2.45, 2.75) is 71.0 Å². The molecule has 3 fully saturated rings. The third-order valence-electron chi connectivity index (χ3n) is 9.26. The van der Waals surface area contributed by atoms with Crippen LogP contribution in [0.3, 0.4) is 0 Å². The average molecular weight is 407 g/mol. The van der Waals surface area contributed by atoms with Crippen LogP contribution in [0, 0.1) is 34.5 Å². The van der Waals surface area contributed by atoms with Gasteiger partial charge in [-0.1, -0.05) is 36.7 Å². The quantitative estimate of drug-likeness (QED) is 0.274. The molecule has 5 N–H and O–H groups in total. The first kappa shape index (κ1) is 20.8. The van der Waals surface area contributed by atoms with Crippen molar-refractivity contribution in [1.29, 1.82) is 0 Å². The summed E-state index contributed by atoms with van der Waals surface area (Å²) in [6, 6.07) is 0. The second-order valence-corrected chi connectivity index (χ2v) is 10.3. The maximum atomic E-state index is 11.5. The van der Waals surface area contributed by atoms with E-state index < -0.39 is 23.7 Å². The van der Waals surface area contributed by atoms with Crippen molar-refractivity contribution in [3.8, 4) is 0 Å². The molecule has 4 aliphatic carbocycles. The fourth-order valence-electron chi connectivity index (χ4n) is 7.93. The van der Waals surface area contributed by atoms with Crippen LogP contribution in [0.5, 0.6) is 0 Å². The Bertz CT molecular complexity index is 779. The first-order valence-electron chi connectivity index (χ1n) is 10.8. The number of hydrogen-bond donors (Lipinski definition) is 5. The zero-order chi connectivity index (χ0) is 21.2. The van der Waals surface area contributed by atoms with E-state index >= 15 is 0 Å². The van der Waals surface area contributed by atoms with Crippen LogP contribution < -0.4 is 0 Å². The number of rotatable bonds is 2. The van der Waals surface area contributed by atoms with E-state index in [0.29, 0.717) is 30.9 Å². The van der Waals surface area contributed by atoms with Crippen molar-refractivity contribution in [1.82, 2.24) is 0 Å². The van der Waals surface area contributed by atoms with E-state index in [0.717, 1.165) is 19.3 Å². The summed E-state index contributed by atoms with van der Waals surface area (Å²) in [5.74, 6) is 0.790. The highest BCUT2D eigenvalue weighted by Gasteiger charge is 2.68. The molecule has 29 heavy (non-hydrogen) atoms. The Morgan fingerprint density at radius 2 is 1.97 bits per heavy atom. The molecular formula is C22H34N2O5. The minimum Gasteiger partial charge on any atom is -0.411 e. The molecule has 0 radical (unpaired) electrons. The van der Waals surface area contributed by atoms with Crippen LogP contribution in [0.4, 0.5) is 0 Å². The highest BCUT2D eigenvalue weighted by Crippen LogP contribution is 2.68. The lowest BCUT2D eigenvalue weighted by atomic mass is 9.44. The van der Waals surface area contributed by atoms with Gasteiger partial charge in [-0.3, -0.25) is 0 Å². The Balaban J connectivity index is 1.77. The van der Waals surface area contributed by atoms with Crippen molar-refractivity contribution >= 4 is 11.4 Å². The van der Waals surface area contributed by atoms with Crippen LogP contribution >= 0.6 is 0 Å². The SMILES string of the molecule is C[C@H]1C[C@@H]2[C@H]([C@@H](O)C[C@@]3(C)[C@H]2CC[C@]3(O)/C(CO)=N/O)[C@@]2(C)CC/C(=N\O)C=C12. The fourth-order valence-corrected chi connectivity index (χ4v) is 7.93. The van der Waals surface area contributed by atoms with Crippen LogP contribution in [-0.4, -0.2) is 55.5 Å². The maximum absolute atomic E-state index is 11.5. The van der Waals surface area contributed by atoms with Gasteiger partial charge in [0.05, 0.1) is 18.4 Å². The number of hydrogen-bond acceptors (Lipinski definition) is 7. The summed E-state index contributed by atoms with van der Waals surface area (Å²) in [6.07, 6.45) is 5.49. The molecule has 0 spiro atoms. The van der Waals surface area contributed by atoms with Gasteiger partial charge in [-0.2, -0.15) is 0 Å². The first-order chi connectivity index (χ1) is 13.7. The van der Waals surface area contributed by atoms with Crippen molar-refractivity contribution in [2.24, 2.45) is 44.8 Å². The molecule has 0 saturated heterocycles. The molecule has 0 amide bonds. The van der Waals surface area contributed by atoms with E-state index in [1.165, 1.54) is 5.57 Å². The molecule has 7 heteroatoms. The molecule has 0 unspecified atom stereocenters. The maximum Gasteiger partial charge on any atom is 0.114 e. The Morgan fingerprint density at radius 1 is 1.24 bits per heavy atom. The highest BCUT2D eigenvalue weighted by atomic mass is 16.4. The number of allylic oxidation sites excluding steroid dienone is 2. The summed E-state index contributed by atoms with van der Waals surface area (Å²) in [5.41, 5.74) is -0.243. The Labute approximate surface area is 171 Å². The molecule has 4 aliphatic rings. The van der Waals surface area contributed by atoms with Crippen molar-refractivity contribution in [3.05, 3.63) is 11.6 Å². The Kier molecular flexibility index (Phi) is 4.87. The summed E-state index contributed by atoms with van der Waals surface area (Å²) >= 11 is 0. The predicted octanol–water partition coefficient (Wildman–Crippen LogP) is 2.55. The van der Waals surface area contributed by atoms with E-state index in [9.17, 15) is 25.7 Å². The molecule has 0 aromatic carbocycles. The molecule has 0 aromatic rings. The van der Waals surface area contributed by atoms with E-state index in [1.807, 2.05) is 13.0 Å². The monoisotopic (exact) mass is 406 g/mol. The number of aliphatic hydroxyl groups is 3. The summed E-state index contributed by atoms with van der Waals surface area (Å²) < 4.78 is 0. The fraction of sp³-hybridized carbons (Fsp3) is 0.818. The molecule has 8 atom stereocenters. The number of fused-ring (bicyclic) bond motifs is 5. The molecule has 162 valence electrons. The molecular weight excluding hydrogens is 372 g/mol. The van der Waals surface area contributed by atoms with Crippen LogP contribution in [0.25, 0.3) is 0 Å². The van der Waals surface area contributed by atoms with Crippen molar-refractivity contribution in [2.75, 3.05) is 6.61 Å². The molecule has 0 aliphatic heterocycles. The highest BCUT2D eigenvalue weighted by molar-refractivity contribution is 5.96. The van der Waals surface area contributed by atoms with E-state index in [4.69, 9.17) is 0 Å². The van der Waals surface area contributed by atoms with Gasteiger partial charge in [-0.25, -0.2) is 0 Å². The second kappa shape index (κ2) is 6.79. The zero-order valence-electron chi connectivity index (χ0n) is 17.5. The lowest BCUT2D eigenvalue weighted by Crippen LogP contribution is -2.62. The summed E-state index contributed by atoms with van der Waals surface area (Å²) in [4.78, 5) is 0. The number of nitrogens with zero attached hydrogens (tertiary/aromatic N) is 2. The van der Waals surface area contributed by atoms with E-state index in [1.54, 1.807) is 0 Å². The smallest absolute Gasteiger partial charge is 0.114 e. The third kappa shape index (κ3) is 2.60. The van der Waals surface area contributed by atoms with Gasteiger partial charge < -0.3 is 25.7 Å². The Hall–Kier alpha value is -1.44. The summed E-state index contributed by atoms with van der Waals surface area (Å²) in [7, 11) is 0. The first-order valence-corrected chi connectivity index (χ1v) is 10.8. The van der Waals surface area contributed by atoms with Gasteiger partial charge in [0.2, 0.25) is 0 Å².